The molecule has 1 aromatic rings. The van der Waals surface area contributed by atoms with E-state index in [1.165, 1.54) is 24.7 Å². The van der Waals surface area contributed by atoms with Crippen LogP contribution in [0.2, 0.25) is 0 Å². The molecule has 0 saturated carbocycles. The normalized spacial score (nSPS) is 23.0. The molecule has 24 heavy (non-hydrogen) atoms. The van der Waals surface area contributed by atoms with Crippen molar-refractivity contribution in [2.45, 2.75) is 43.1 Å². The first-order valence-electron chi connectivity index (χ1n) is 8.84. The molecule has 1 fully saturated rings. The smallest absolute Gasteiger partial charge is 0.175 e. The van der Waals surface area contributed by atoms with Crippen LogP contribution in [-0.2, 0) is 14.6 Å². The third-order valence-corrected chi connectivity index (χ3v) is 6.17. The number of hydrogen-bond donors (Lipinski definition) is 1. The topological polar surface area (TPSA) is 55.4 Å². The fraction of sp³-hybridized carbons (Fsp3) is 0.579. The first-order chi connectivity index (χ1) is 11.5. The van der Waals surface area contributed by atoms with Gasteiger partial charge in [-0.1, -0.05) is 18.2 Å². The minimum Gasteiger partial charge on any atom is -0.378 e. The van der Waals surface area contributed by atoms with Gasteiger partial charge in [0.05, 0.1) is 11.0 Å². The Balaban J connectivity index is 1.53. The average Bonchev–Trinajstić information content (AvgIpc) is 2.61. The van der Waals surface area contributed by atoms with Gasteiger partial charge in [-0.15, -0.1) is 0 Å². The van der Waals surface area contributed by atoms with Crippen LogP contribution in [-0.4, -0.2) is 40.5 Å². The molecule has 5 heteroatoms. The van der Waals surface area contributed by atoms with Crippen molar-refractivity contribution in [2.24, 2.45) is 5.92 Å². The maximum absolute atomic E-state index is 11.5. The van der Waals surface area contributed by atoms with Gasteiger partial charge in [-0.3, -0.25) is 0 Å². The Labute approximate surface area is 145 Å². The minimum atomic E-state index is -3.12. The second kappa shape index (κ2) is 7.81. The lowest BCUT2D eigenvalue weighted by molar-refractivity contribution is 0.0185. The van der Waals surface area contributed by atoms with E-state index >= 15 is 0 Å². The van der Waals surface area contributed by atoms with Crippen LogP contribution in [0.1, 0.15) is 37.7 Å². The van der Waals surface area contributed by atoms with Gasteiger partial charge < -0.3 is 10.1 Å². The molecule has 1 atom stereocenters. The molecule has 0 spiro atoms. The van der Waals surface area contributed by atoms with Crippen LogP contribution < -0.4 is 5.32 Å². The van der Waals surface area contributed by atoms with E-state index in [9.17, 15) is 8.42 Å². The van der Waals surface area contributed by atoms with Crippen LogP contribution in [0.5, 0.6) is 0 Å². The number of benzene rings is 1. The molecule has 0 bridgehead atoms. The van der Waals surface area contributed by atoms with Crippen molar-refractivity contribution in [3.63, 3.8) is 0 Å². The fourth-order valence-electron chi connectivity index (χ4n) is 3.46. The Morgan fingerprint density at radius 1 is 1.12 bits per heavy atom. The molecule has 1 aromatic carbocycles. The molecule has 1 aliphatic carbocycles. The summed E-state index contributed by atoms with van der Waals surface area (Å²) >= 11 is 0. The van der Waals surface area contributed by atoms with Crippen molar-refractivity contribution in [1.82, 2.24) is 5.32 Å². The summed E-state index contributed by atoms with van der Waals surface area (Å²) in [6.07, 6.45) is 9.27. The van der Waals surface area contributed by atoms with Crippen molar-refractivity contribution in [3.8, 4) is 0 Å². The molecule has 1 aliphatic heterocycles. The number of rotatable bonds is 5. The number of hydrogen-bond acceptors (Lipinski definition) is 4. The first kappa shape index (κ1) is 17.6. The maximum Gasteiger partial charge on any atom is 0.175 e. The molecule has 1 saturated heterocycles. The highest BCUT2D eigenvalue weighted by Crippen LogP contribution is 2.29. The Kier molecular flexibility index (Phi) is 5.74. The molecule has 2 aliphatic rings. The zero-order valence-corrected chi connectivity index (χ0v) is 15.1. The van der Waals surface area contributed by atoms with Gasteiger partial charge in [-0.05, 0) is 74.4 Å². The SMILES string of the molecule is CS(=O)(=O)c1ccc(C2=CCC(OCC3CCNCC3)CC2)cc1. The predicted octanol–water partition coefficient (Wildman–Crippen LogP) is 3.04. The number of nitrogens with one attached hydrogen (secondary N) is 1. The highest BCUT2D eigenvalue weighted by molar-refractivity contribution is 7.90. The van der Waals surface area contributed by atoms with Crippen molar-refractivity contribution >= 4 is 15.4 Å². The van der Waals surface area contributed by atoms with Crippen LogP contribution in [0, 0.1) is 5.92 Å². The van der Waals surface area contributed by atoms with Crippen molar-refractivity contribution < 1.29 is 13.2 Å². The largest absolute Gasteiger partial charge is 0.378 e. The van der Waals surface area contributed by atoms with Gasteiger partial charge in [0.15, 0.2) is 9.84 Å². The van der Waals surface area contributed by atoms with Gasteiger partial charge in [-0.25, -0.2) is 8.42 Å². The van der Waals surface area contributed by atoms with E-state index in [1.807, 2.05) is 12.1 Å². The minimum absolute atomic E-state index is 0.332. The fourth-order valence-corrected chi connectivity index (χ4v) is 4.09. The molecule has 1 heterocycles. The number of sulfone groups is 1. The monoisotopic (exact) mass is 349 g/mol. The molecule has 0 aromatic heterocycles. The molecule has 0 radical (unpaired) electrons. The summed E-state index contributed by atoms with van der Waals surface area (Å²) in [5, 5.41) is 3.39. The second-order valence-electron chi connectivity index (χ2n) is 6.95. The van der Waals surface area contributed by atoms with Gasteiger partial charge >= 0.3 is 0 Å². The molecular weight excluding hydrogens is 322 g/mol. The first-order valence-corrected chi connectivity index (χ1v) is 10.7. The van der Waals surface area contributed by atoms with Crippen molar-refractivity contribution in [1.29, 1.82) is 0 Å². The van der Waals surface area contributed by atoms with E-state index in [-0.39, 0.29) is 0 Å². The van der Waals surface area contributed by atoms with E-state index < -0.39 is 9.84 Å². The Morgan fingerprint density at radius 3 is 2.42 bits per heavy atom. The Morgan fingerprint density at radius 2 is 1.83 bits per heavy atom. The third-order valence-electron chi connectivity index (χ3n) is 5.04. The van der Waals surface area contributed by atoms with Crippen LogP contribution >= 0.6 is 0 Å². The lowest BCUT2D eigenvalue weighted by Crippen LogP contribution is -2.31. The highest BCUT2D eigenvalue weighted by atomic mass is 32.2. The quantitative estimate of drug-likeness (QED) is 0.888. The molecular formula is C19H27NO3S. The van der Waals surface area contributed by atoms with Gasteiger partial charge in [0.1, 0.15) is 0 Å². The van der Waals surface area contributed by atoms with E-state index in [1.54, 1.807) is 12.1 Å². The van der Waals surface area contributed by atoms with Crippen LogP contribution in [0.25, 0.3) is 5.57 Å². The summed E-state index contributed by atoms with van der Waals surface area (Å²) in [5.74, 6) is 0.708. The van der Waals surface area contributed by atoms with E-state index in [0.29, 0.717) is 16.9 Å². The number of piperidine rings is 1. The standard InChI is InChI=1S/C19H27NO3S/c1-24(21,22)19-8-4-17(5-9-19)16-2-6-18(7-3-16)23-14-15-10-12-20-13-11-15/h2,4-5,8-9,15,18,20H,3,6-7,10-14H2,1H3. The summed E-state index contributed by atoms with van der Waals surface area (Å²) in [6.45, 7) is 3.12. The number of allylic oxidation sites excluding steroid dienone is 1. The van der Waals surface area contributed by atoms with Crippen molar-refractivity contribution in [3.05, 3.63) is 35.9 Å². The molecule has 4 nitrogen and oxygen atoms in total. The zero-order valence-electron chi connectivity index (χ0n) is 14.3. The highest BCUT2D eigenvalue weighted by Gasteiger charge is 2.19. The summed E-state index contributed by atoms with van der Waals surface area (Å²) in [7, 11) is -3.12. The van der Waals surface area contributed by atoms with Crippen LogP contribution in [0.4, 0.5) is 0 Å². The summed E-state index contributed by atoms with van der Waals surface area (Å²) in [6, 6.07) is 7.23. The van der Waals surface area contributed by atoms with Crippen LogP contribution in [0.3, 0.4) is 0 Å². The average molecular weight is 349 g/mol. The molecule has 132 valence electrons. The van der Waals surface area contributed by atoms with Gasteiger partial charge in [-0.2, -0.15) is 0 Å². The molecule has 1 unspecified atom stereocenters. The van der Waals surface area contributed by atoms with Gasteiger partial charge in [0, 0.05) is 12.9 Å². The van der Waals surface area contributed by atoms with E-state index in [4.69, 9.17) is 4.74 Å². The maximum atomic E-state index is 11.5. The molecule has 3 rings (SSSR count). The molecule has 0 amide bonds. The van der Waals surface area contributed by atoms with Crippen LogP contribution in [0.15, 0.2) is 35.2 Å². The Hall–Kier alpha value is -1.17. The lowest BCUT2D eigenvalue weighted by atomic mass is 9.92. The summed E-state index contributed by atoms with van der Waals surface area (Å²) in [4.78, 5) is 0.380. The predicted molar refractivity (Wildman–Crippen MR) is 96.7 cm³/mol. The zero-order chi connectivity index (χ0) is 17.0. The Bertz CT molecular complexity index is 673. The second-order valence-corrected chi connectivity index (χ2v) is 8.96. The van der Waals surface area contributed by atoms with E-state index in [2.05, 4.69) is 11.4 Å². The summed E-state index contributed by atoms with van der Waals surface area (Å²) in [5.41, 5.74) is 2.43. The number of ether oxygens (including phenoxy) is 1. The third kappa shape index (κ3) is 4.68. The van der Waals surface area contributed by atoms with Gasteiger partial charge in [0.25, 0.3) is 0 Å². The molecule has 1 N–H and O–H groups in total. The lowest BCUT2D eigenvalue weighted by Gasteiger charge is -2.27. The summed E-state index contributed by atoms with van der Waals surface area (Å²) < 4.78 is 29.2. The van der Waals surface area contributed by atoms with Crippen molar-refractivity contribution in [2.75, 3.05) is 26.0 Å². The van der Waals surface area contributed by atoms with E-state index in [0.717, 1.165) is 44.5 Å². The van der Waals surface area contributed by atoms with Gasteiger partial charge in [0.2, 0.25) is 0 Å².